The van der Waals surface area contributed by atoms with Crippen LogP contribution in [0.4, 0.5) is 17.2 Å². The van der Waals surface area contributed by atoms with Gasteiger partial charge in [-0.2, -0.15) is 5.10 Å². The lowest BCUT2D eigenvalue weighted by atomic mass is 9.90. The van der Waals surface area contributed by atoms with Gasteiger partial charge in [-0.1, -0.05) is 13.8 Å². The van der Waals surface area contributed by atoms with Crippen LogP contribution in [0.2, 0.25) is 0 Å². The van der Waals surface area contributed by atoms with Gasteiger partial charge in [-0.3, -0.25) is 19.1 Å². The predicted molar refractivity (Wildman–Crippen MR) is 187 cm³/mol. The molecule has 0 aromatic carbocycles. The van der Waals surface area contributed by atoms with Crippen LogP contribution >= 0.6 is 0 Å². The van der Waals surface area contributed by atoms with Crippen molar-refractivity contribution >= 4 is 22.7 Å². The number of aliphatic hydroxyl groups is 1. The number of hydrogen-bond donors (Lipinski definition) is 2. The van der Waals surface area contributed by atoms with Crippen LogP contribution in [0.3, 0.4) is 0 Å². The zero-order chi connectivity index (χ0) is 33.9. The molecule has 2 aliphatic heterocycles. The van der Waals surface area contributed by atoms with Gasteiger partial charge in [-0.15, -0.1) is 0 Å². The van der Waals surface area contributed by atoms with E-state index < -0.39 is 0 Å². The molecular weight excluding hydrogens is 622 g/mol. The van der Waals surface area contributed by atoms with Crippen molar-refractivity contribution in [2.75, 3.05) is 49.6 Å². The molecule has 7 heterocycles. The SMILES string of the molecule is CCn1nc(-c2ccnc(-n3ccn4c5c(cc4c3=O)CC(C)(C)C5)c2CO)cc(Nc2ccc(N3CCN(C4COC4)CC3)cn2)c1=O. The molecule has 5 aromatic rings. The molecule has 0 amide bonds. The van der Waals surface area contributed by atoms with E-state index >= 15 is 0 Å². The Morgan fingerprint density at radius 2 is 1.82 bits per heavy atom. The summed E-state index contributed by atoms with van der Waals surface area (Å²) in [7, 11) is 0. The Labute approximate surface area is 283 Å². The fourth-order valence-electron chi connectivity index (χ4n) is 7.45. The average Bonchev–Trinajstić information content (AvgIpc) is 3.57. The van der Waals surface area contributed by atoms with Gasteiger partial charge in [0.25, 0.3) is 11.1 Å². The average molecular weight is 664 g/mol. The van der Waals surface area contributed by atoms with E-state index in [0.717, 1.165) is 57.9 Å². The van der Waals surface area contributed by atoms with Crippen molar-refractivity contribution in [1.29, 1.82) is 0 Å². The highest BCUT2D eigenvalue weighted by Gasteiger charge is 2.32. The fraction of sp³-hybridized carbons (Fsp3) is 0.417. The molecule has 13 heteroatoms. The van der Waals surface area contributed by atoms with Gasteiger partial charge in [0.1, 0.15) is 22.8 Å². The van der Waals surface area contributed by atoms with Gasteiger partial charge in [-0.05, 0) is 61.1 Å². The normalized spacial score (nSPS) is 17.8. The van der Waals surface area contributed by atoms with Crippen LogP contribution in [0.1, 0.15) is 37.6 Å². The van der Waals surface area contributed by atoms with Crippen molar-refractivity contribution in [2.24, 2.45) is 5.41 Å². The Morgan fingerprint density at radius 1 is 1.00 bits per heavy atom. The Hall–Kier alpha value is -4.85. The number of aliphatic hydroxyl groups excluding tert-OH is 1. The second-order valence-corrected chi connectivity index (χ2v) is 14.0. The van der Waals surface area contributed by atoms with Crippen LogP contribution in [0.5, 0.6) is 0 Å². The Bertz CT molecular complexity index is 2160. The zero-order valence-corrected chi connectivity index (χ0v) is 28.1. The monoisotopic (exact) mass is 663 g/mol. The summed E-state index contributed by atoms with van der Waals surface area (Å²) >= 11 is 0. The lowest BCUT2D eigenvalue weighted by Crippen LogP contribution is -2.56. The number of nitrogens with one attached hydrogen (secondary N) is 1. The minimum Gasteiger partial charge on any atom is -0.392 e. The molecule has 13 nitrogen and oxygen atoms in total. The van der Waals surface area contributed by atoms with Crippen LogP contribution in [0.25, 0.3) is 22.6 Å². The summed E-state index contributed by atoms with van der Waals surface area (Å²) in [5.74, 6) is 0.852. The minimum atomic E-state index is -0.386. The quantitative estimate of drug-likeness (QED) is 0.255. The van der Waals surface area contributed by atoms with Crippen LogP contribution < -0.4 is 21.3 Å². The van der Waals surface area contributed by atoms with Gasteiger partial charge in [0.05, 0.1) is 43.4 Å². The number of anilines is 3. The number of nitrogens with zero attached hydrogens (tertiary/aromatic N) is 8. The molecule has 254 valence electrons. The first-order valence-electron chi connectivity index (χ1n) is 17.0. The summed E-state index contributed by atoms with van der Waals surface area (Å²) in [5.41, 5.74) is 5.39. The van der Waals surface area contributed by atoms with E-state index in [4.69, 9.17) is 4.74 Å². The molecule has 0 unspecified atom stereocenters. The molecule has 0 bridgehead atoms. The molecule has 8 rings (SSSR count). The fourth-order valence-corrected chi connectivity index (χ4v) is 7.45. The zero-order valence-electron chi connectivity index (χ0n) is 28.1. The van der Waals surface area contributed by atoms with Crippen molar-refractivity contribution in [3.05, 3.63) is 92.6 Å². The third kappa shape index (κ3) is 5.61. The lowest BCUT2D eigenvalue weighted by molar-refractivity contribution is -0.0660. The summed E-state index contributed by atoms with van der Waals surface area (Å²) in [6.45, 7) is 11.8. The van der Waals surface area contributed by atoms with Gasteiger partial charge in [0.15, 0.2) is 0 Å². The number of piperazine rings is 1. The largest absolute Gasteiger partial charge is 0.392 e. The number of ether oxygens (including phenoxy) is 1. The van der Waals surface area contributed by atoms with E-state index in [0.29, 0.717) is 52.2 Å². The molecule has 0 radical (unpaired) electrons. The molecule has 2 N–H and O–H groups in total. The topological polar surface area (TPSA) is 135 Å². The second-order valence-electron chi connectivity index (χ2n) is 14.0. The van der Waals surface area contributed by atoms with Crippen molar-refractivity contribution in [3.8, 4) is 17.1 Å². The molecule has 2 fully saturated rings. The number of aryl methyl sites for hydroxylation is 1. The number of aromatic nitrogens is 6. The van der Waals surface area contributed by atoms with Crippen LogP contribution in [0.15, 0.2) is 64.7 Å². The number of hydrogen-bond acceptors (Lipinski definition) is 10. The highest BCUT2D eigenvalue weighted by atomic mass is 16.5. The molecule has 2 saturated heterocycles. The van der Waals surface area contributed by atoms with Crippen molar-refractivity contribution < 1.29 is 9.84 Å². The van der Waals surface area contributed by atoms with Gasteiger partial charge in [0, 0.05) is 68.1 Å². The Morgan fingerprint density at radius 3 is 2.51 bits per heavy atom. The van der Waals surface area contributed by atoms with E-state index in [9.17, 15) is 14.7 Å². The Kier molecular flexibility index (Phi) is 7.85. The molecule has 0 atom stereocenters. The molecule has 0 spiro atoms. The summed E-state index contributed by atoms with van der Waals surface area (Å²) in [6.07, 6.45) is 8.85. The highest BCUT2D eigenvalue weighted by molar-refractivity contribution is 5.71. The number of rotatable bonds is 8. The van der Waals surface area contributed by atoms with Crippen LogP contribution in [-0.2, 0) is 30.7 Å². The van der Waals surface area contributed by atoms with E-state index in [1.807, 2.05) is 41.9 Å². The standard InChI is InChI=1S/C36H41N9O4/c1-4-45-34(47)29(39-32-6-5-24(19-38-32)41-9-11-42(12-10-41)25-21-49-22-25)16-28(40-45)26-7-8-37-33(27(26)20-46)44-14-13-43-30(35(44)48)15-23-17-36(2,3)18-31(23)43/h5-8,13-16,19,25,46H,4,9-12,17-18,20-22H2,1-3H3,(H,38,39). The summed E-state index contributed by atoms with van der Waals surface area (Å²) in [6, 6.07) is 9.83. The second kappa shape index (κ2) is 12.2. The van der Waals surface area contributed by atoms with Gasteiger partial charge in [0.2, 0.25) is 0 Å². The maximum Gasteiger partial charge on any atom is 0.290 e. The van der Waals surface area contributed by atoms with Crippen molar-refractivity contribution in [1.82, 2.24) is 33.6 Å². The Balaban J connectivity index is 1.09. The summed E-state index contributed by atoms with van der Waals surface area (Å²) in [5, 5.41) is 18.5. The first-order chi connectivity index (χ1) is 23.7. The van der Waals surface area contributed by atoms with E-state index in [1.165, 1.54) is 20.5 Å². The summed E-state index contributed by atoms with van der Waals surface area (Å²) in [4.78, 5) is 41.2. The van der Waals surface area contributed by atoms with Crippen molar-refractivity contribution in [2.45, 2.75) is 52.8 Å². The van der Waals surface area contributed by atoms with Crippen molar-refractivity contribution in [3.63, 3.8) is 0 Å². The molecule has 1 aliphatic carbocycles. The molecule has 49 heavy (non-hydrogen) atoms. The number of fused-ring (bicyclic) bond motifs is 3. The van der Waals surface area contributed by atoms with Crippen LogP contribution in [-0.4, -0.2) is 84.2 Å². The summed E-state index contributed by atoms with van der Waals surface area (Å²) < 4.78 is 10.2. The van der Waals surface area contributed by atoms with Gasteiger partial charge in [-0.25, -0.2) is 14.6 Å². The first kappa shape index (κ1) is 31.4. The predicted octanol–water partition coefficient (Wildman–Crippen LogP) is 3.01. The van der Waals surface area contributed by atoms with Crippen LogP contribution in [0, 0.1) is 5.41 Å². The minimum absolute atomic E-state index is 0.164. The molecule has 5 aromatic heterocycles. The third-order valence-corrected chi connectivity index (χ3v) is 10.1. The van der Waals surface area contributed by atoms with Gasteiger partial charge >= 0.3 is 0 Å². The number of pyridine rings is 2. The maximum atomic E-state index is 13.8. The first-order valence-corrected chi connectivity index (χ1v) is 17.0. The maximum absolute atomic E-state index is 13.8. The highest BCUT2D eigenvalue weighted by Crippen LogP contribution is 2.37. The third-order valence-electron chi connectivity index (χ3n) is 10.1. The lowest BCUT2D eigenvalue weighted by Gasteiger charge is -2.43. The molecule has 3 aliphatic rings. The van der Waals surface area contributed by atoms with E-state index in [2.05, 4.69) is 44.0 Å². The molecule has 0 saturated carbocycles. The van der Waals surface area contributed by atoms with Gasteiger partial charge < -0.3 is 24.5 Å². The van der Waals surface area contributed by atoms with E-state index in [1.54, 1.807) is 24.5 Å². The smallest absolute Gasteiger partial charge is 0.290 e. The molecular formula is C36H41N9O4. The van der Waals surface area contributed by atoms with E-state index in [-0.39, 0.29) is 23.1 Å².